The number of methoxy groups -OCH3 is 1. The van der Waals surface area contributed by atoms with Crippen LogP contribution in [0, 0.1) is 11.8 Å². The summed E-state index contributed by atoms with van der Waals surface area (Å²) in [5, 5.41) is 1.36. The van der Waals surface area contributed by atoms with Gasteiger partial charge in [-0.2, -0.15) is 0 Å². The highest BCUT2D eigenvalue weighted by Crippen LogP contribution is 2.31. The number of amides is 2. The molecular formula is C27H37ClN4O4S2. The van der Waals surface area contributed by atoms with Crippen LogP contribution in [0.15, 0.2) is 33.7 Å². The van der Waals surface area contributed by atoms with Gasteiger partial charge in [0.25, 0.3) is 0 Å². The van der Waals surface area contributed by atoms with Crippen molar-refractivity contribution in [1.29, 1.82) is 0 Å². The number of rotatable bonds is 7. The number of thiophene rings is 1. The number of hydrogen-bond donors (Lipinski definition) is 1. The van der Waals surface area contributed by atoms with Crippen molar-refractivity contribution >= 4 is 63.2 Å². The van der Waals surface area contributed by atoms with Crippen LogP contribution in [0.1, 0.15) is 26.2 Å². The first-order valence-electron chi connectivity index (χ1n) is 12.8. The molecule has 4 heterocycles. The number of piperidine rings is 3. The zero-order chi connectivity index (χ0) is 27.6. The monoisotopic (exact) mass is 580 g/mol. The molecule has 0 aromatic carbocycles. The molecule has 3 unspecified atom stereocenters. The molecule has 208 valence electrons. The molecular weight excluding hydrogens is 544 g/mol. The Hall–Kier alpha value is -2.27. The highest BCUT2D eigenvalue weighted by atomic mass is 35.5. The van der Waals surface area contributed by atoms with E-state index in [9.17, 15) is 13.8 Å². The zero-order valence-corrected chi connectivity index (χ0v) is 24.5. The van der Waals surface area contributed by atoms with Gasteiger partial charge < -0.3 is 19.4 Å². The molecule has 3 fully saturated rings. The summed E-state index contributed by atoms with van der Waals surface area (Å²) in [7, 11) is -1.49. The van der Waals surface area contributed by atoms with E-state index in [1.165, 1.54) is 18.4 Å². The van der Waals surface area contributed by atoms with Gasteiger partial charge in [0.05, 0.1) is 33.6 Å². The largest absolute Gasteiger partial charge is 0.453 e. The van der Waals surface area contributed by atoms with Gasteiger partial charge in [-0.1, -0.05) is 30.8 Å². The maximum atomic E-state index is 13.6. The van der Waals surface area contributed by atoms with Crippen molar-refractivity contribution in [3.63, 3.8) is 0 Å². The minimum Gasteiger partial charge on any atom is -0.453 e. The molecule has 4 atom stereocenters. The lowest BCUT2D eigenvalue weighted by molar-refractivity contribution is -0.135. The van der Waals surface area contributed by atoms with Crippen LogP contribution in [-0.4, -0.2) is 89.2 Å². The summed E-state index contributed by atoms with van der Waals surface area (Å²) in [6, 6.07) is 1.20. The second-order valence-electron chi connectivity index (χ2n) is 10.3. The van der Waals surface area contributed by atoms with Gasteiger partial charge in [-0.25, -0.2) is 13.7 Å². The maximum Gasteiger partial charge on any atom is 0.409 e. The molecule has 0 radical (unpaired) electrons. The van der Waals surface area contributed by atoms with Crippen LogP contribution in [0.4, 0.5) is 4.79 Å². The van der Waals surface area contributed by atoms with E-state index in [1.807, 2.05) is 6.92 Å². The molecule has 3 saturated heterocycles. The maximum absolute atomic E-state index is 13.6. The van der Waals surface area contributed by atoms with Gasteiger partial charge in [0, 0.05) is 48.0 Å². The number of carbonyl (C=O) groups excluding carboxylic acids is 2. The Morgan fingerprint density at radius 3 is 2.58 bits per heavy atom. The van der Waals surface area contributed by atoms with Crippen molar-refractivity contribution in [3.05, 3.63) is 39.2 Å². The highest BCUT2D eigenvalue weighted by molar-refractivity contribution is 8.00. The third kappa shape index (κ3) is 6.47. The number of ether oxygens (including phenoxy) is 1. The number of nitrogens with zero attached hydrogens (tertiary/aromatic N) is 3. The van der Waals surface area contributed by atoms with E-state index in [1.54, 1.807) is 28.0 Å². The predicted molar refractivity (Wildman–Crippen MR) is 156 cm³/mol. The summed E-state index contributed by atoms with van der Waals surface area (Å²) in [4.78, 5) is 31.3. The van der Waals surface area contributed by atoms with E-state index in [4.69, 9.17) is 16.3 Å². The molecule has 1 N–H and O–H groups in total. The van der Waals surface area contributed by atoms with Crippen LogP contribution in [0.2, 0.25) is 0 Å². The fraction of sp³-hybridized carbons (Fsp3) is 0.519. The summed E-state index contributed by atoms with van der Waals surface area (Å²) in [6.45, 7) is 14.2. The van der Waals surface area contributed by atoms with Crippen molar-refractivity contribution in [2.75, 3.05) is 46.4 Å². The van der Waals surface area contributed by atoms with E-state index in [-0.39, 0.29) is 12.0 Å². The Labute approximate surface area is 234 Å². The third-order valence-corrected chi connectivity index (χ3v) is 11.0. The lowest BCUT2D eigenvalue weighted by Gasteiger charge is -2.47. The van der Waals surface area contributed by atoms with Crippen molar-refractivity contribution < 1.29 is 18.5 Å². The highest BCUT2D eigenvalue weighted by Gasteiger charge is 2.38. The molecule has 38 heavy (non-hydrogen) atoms. The summed E-state index contributed by atoms with van der Waals surface area (Å²) in [5.41, 5.74) is 0.900. The van der Waals surface area contributed by atoms with Gasteiger partial charge >= 0.3 is 6.09 Å². The first-order valence-corrected chi connectivity index (χ1v) is 15.7. The first-order chi connectivity index (χ1) is 18.0. The van der Waals surface area contributed by atoms with Crippen LogP contribution < -0.4 is 14.5 Å². The van der Waals surface area contributed by atoms with E-state index in [0.29, 0.717) is 53.7 Å². The van der Waals surface area contributed by atoms with Crippen molar-refractivity contribution in [1.82, 2.24) is 19.4 Å². The molecule has 0 aliphatic carbocycles. The topological polar surface area (TPSA) is 82.2 Å². The standard InChI is InChI=1S/C27H37ClN4O4S2/c1-6-23(28)11-22-12-25(37-19(22)3)38(5,35)29-24-8-7-9-30(26(24)33)13-18(2)31-14-20-10-21(15-31)17-32(16-20)27(34)36-4/h6,11-12,20-21,24H,2-3,5,7-10,13-17H2,1,4H3,(H,29,35)/b22-11-,23-6+/t20?,21?,24-,38?/m0/s1. The summed E-state index contributed by atoms with van der Waals surface area (Å²) >= 11 is 7.43. The van der Waals surface area contributed by atoms with Crippen LogP contribution in [0.3, 0.4) is 0 Å². The minimum atomic E-state index is -2.91. The van der Waals surface area contributed by atoms with Crippen LogP contribution in [-0.2, 0) is 19.2 Å². The number of hydrogen-bond acceptors (Lipinski definition) is 6. The molecule has 4 rings (SSSR count). The van der Waals surface area contributed by atoms with E-state index >= 15 is 0 Å². The quantitative estimate of drug-likeness (QED) is 0.500. The van der Waals surface area contributed by atoms with Crippen LogP contribution >= 0.6 is 22.9 Å². The lowest BCUT2D eigenvalue weighted by Crippen LogP contribution is -2.56. The van der Waals surface area contributed by atoms with Crippen molar-refractivity contribution in [2.24, 2.45) is 11.8 Å². The van der Waals surface area contributed by atoms with E-state index in [0.717, 1.165) is 41.4 Å². The number of fused-ring (bicyclic) bond motifs is 2. The Balaban J connectivity index is 1.38. The SMILES string of the molecule is C=C(CN1CCC[C@H](NS(=C)(=O)c2c/c(=C/C(Cl)=C\C)c(=C)s2)C1=O)N1CC2CC(C1)CN(C(=O)OC)C2. The molecule has 11 heteroatoms. The average Bonchev–Trinajstić information content (AvgIpc) is 3.25. The predicted octanol–water partition coefficient (Wildman–Crippen LogP) is 2.19. The molecule has 8 nitrogen and oxygen atoms in total. The average molecular weight is 581 g/mol. The normalized spacial score (nSPS) is 26.3. The molecule has 2 bridgehead atoms. The molecule has 3 aliphatic heterocycles. The fourth-order valence-corrected chi connectivity index (χ4v) is 8.44. The second-order valence-corrected chi connectivity index (χ2v) is 14.2. The van der Waals surface area contributed by atoms with Crippen LogP contribution in [0.5, 0.6) is 0 Å². The van der Waals surface area contributed by atoms with Gasteiger partial charge in [0.2, 0.25) is 5.91 Å². The molecule has 1 aromatic rings. The van der Waals surface area contributed by atoms with Gasteiger partial charge in [-0.15, -0.1) is 11.3 Å². The Bertz CT molecular complexity index is 1320. The van der Waals surface area contributed by atoms with E-state index in [2.05, 4.69) is 28.7 Å². The Morgan fingerprint density at radius 2 is 1.95 bits per heavy atom. The smallest absolute Gasteiger partial charge is 0.409 e. The minimum absolute atomic E-state index is 0.0852. The lowest BCUT2D eigenvalue weighted by atomic mass is 9.84. The Morgan fingerprint density at radius 1 is 1.29 bits per heavy atom. The van der Waals surface area contributed by atoms with Crippen LogP contribution in [0.25, 0.3) is 12.7 Å². The Kier molecular flexibility index (Phi) is 8.96. The summed E-state index contributed by atoms with van der Waals surface area (Å²) in [6.07, 6.45) is 5.76. The van der Waals surface area contributed by atoms with Gasteiger partial charge in [0.1, 0.15) is 0 Å². The van der Waals surface area contributed by atoms with Crippen molar-refractivity contribution in [3.8, 4) is 0 Å². The zero-order valence-electron chi connectivity index (χ0n) is 22.1. The first kappa shape index (κ1) is 28.7. The van der Waals surface area contributed by atoms with Gasteiger partial charge in [0.15, 0.2) is 0 Å². The number of carbonyl (C=O) groups is 2. The van der Waals surface area contributed by atoms with Crippen molar-refractivity contribution in [2.45, 2.75) is 36.4 Å². The van der Waals surface area contributed by atoms with Gasteiger partial charge in [-0.05, 0) is 61.3 Å². The molecule has 2 amide bonds. The number of nitrogens with one attached hydrogen (secondary N) is 1. The second kappa shape index (κ2) is 11.9. The third-order valence-electron chi connectivity index (χ3n) is 7.41. The van der Waals surface area contributed by atoms with Gasteiger partial charge in [-0.3, -0.25) is 4.79 Å². The fourth-order valence-electron chi connectivity index (χ4n) is 5.57. The number of halogens is 1. The summed E-state index contributed by atoms with van der Waals surface area (Å²) < 4.78 is 22.8. The molecule has 1 aromatic heterocycles. The number of allylic oxidation sites excluding steroid dienone is 2. The molecule has 0 spiro atoms. The van der Waals surface area contributed by atoms with E-state index < -0.39 is 15.7 Å². The summed E-state index contributed by atoms with van der Waals surface area (Å²) in [5.74, 6) is 4.57. The number of likely N-dealkylation sites (tertiary alicyclic amines) is 3. The molecule has 0 saturated carbocycles. The molecule has 3 aliphatic rings.